The first-order valence-electron chi connectivity index (χ1n) is 6.47. The van der Waals surface area contributed by atoms with Gasteiger partial charge in [-0.05, 0) is 0 Å². The van der Waals surface area contributed by atoms with Gasteiger partial charge in [0.2, 0.25) is 0 Å². The summed E-state index contributed by atoms with van der Waals surface area (Å²) in [6.45, 7) is 10.9. The summed E-state index contributed by atoms with van der Waals surface area (Å²) in [6, 6.07) is 10.8. The quantitative estimate of drug-likeness (QED) is 0.406. The number of aryl methyl sites for hydroxylation is 3. The normalized spacial score (nSPS) is 8.45. The first kappa shape index (κ1) is 24.6. The zero-order chi connectivity index (χ0) is 12.8. The molecular formula is C19H30Hf. The minimum absolute atomic E-state index is 0. The van der Waals surface area contributed by atoms with E-state index < -0.39 is 0 Å². The molecule has 2 aromatic rings. The zero-order valence-electron chi connectivity index (χ0n) is 14.3. The molecule has 0 atom stereocenters. The fourth-order valence-electron chi connectivity index (χ4n) is 2.00. The molecule has 0 fully saturated rings. The molecule has 1 heteroatoms. The summed E-state index contributed by atoms with van der Waals surface area (Å²) < 4.78 is 0. The van der Waals surface area contributed by atoms with Gasteiger partial charge >= 0.3 is 25.8 Å². The van der Waals surface area contributed by atoms with Crippen molar-refractivity contribution in [2.45, 2.75) is 47.5 Å². The fraction of sp³-hybridized carbons (Fsp3) is 0.368. The van der Waals surface area contributed by atoms with Crippen LogP contribution in [0.5, 0.6) is 0 Å². The Kier molecular flexibility index (Phi) is 15.1. The molecule has 0 amide bonds. The molecule has 0 spiro atoms. The second kappa shape index (κ2) is 12.3. The van der Waals surface area contributed by atoms with Crippen molar-refractivity contribution in [2.75, 3.05) is 0 Å². The molecule has 0 aromatic heterocycles. The Morgan fingerprint density at radius 2 is 1.50 bits per heavy atom. The average molecular weight is 437 g/mol. The molecule has 0 N–H and O–H groups in total. The van der Waals surface area contributed by atoms with Crippen LogP contribution in [0.1, 0.15) is 41.2 Å². The molecular weight excluding hydrogens is 407 g/mol. The monoisotopic (exact) mass is 438 g/mol. The topological polar surface area (TPSA) is 0 Å². The number of rotatable bonds is 2. The van der Waals surface area contributed by atoms with E-state index in [9.17, 15) is 0 Å². The molecule has 0 nitrogen and oxygen atoms in total. The summed E-state index contributed by atoms with van der Waals surface area (Å²) in [5, 5.41) is 0. The van der Waals surface area contributed by atoms with Crippen molar-refractivity contribution < 1.29 is 25.8 Å². The first-order chi connectivity index (χ1) is 8.06. The molecule has 0 aliphatic carbocycles. The molecule has 0 radical (unpaired) electrons. The SMILES string of the molecule is CCC[c-]1cccc1.Cc1c[c-](C)c(C)c1C.[CH3-].[CH3-].[Hf+4]. The average Bonchev–Trinajstić information content (AvgIpc) is 2.87. The van der Waals surface area contributed by atoms with Gasteiger partial charge in [0, 0.05) is 0 Å². The van der Waals surface area contributed by atoms with E-state index in [4.69, 9.17) is 0 Å². The smallest absolute Gasteiger partial charge is 0.358 e. The summed E-state index contributed by atoms with van der Waals surface area (Å²) in [5.74, 6) is 0. The Morgan fingerprint density at radius 1 is 1.00 bits per heavy atom. The predicted octanol–water partition coefficient (Wildman–Crippen LogP) is 5.90. The van der Waals surface area contributed by atoms with Gasteiger partial charge in [0.1, 0.15) is 0 Å². The third-order valence-electron chi connectivity index (χ3n) is 3.45. The molecule has 0 unspecified atom stereocenters. The van der Waals surface area contributed by atoms with Crippen LogP contribution in [0.15, 0.2) is 30.3 Å². The van der Waals surface area contributed by atoms with Crippen LogP contribution >= 0.6 is 0 Å². The standard InChI is InChI=1S/C9H13.C8H11.2CH3.Hf/c1-6-5-7(2)9(4)8(6)3;1-2-5-8-6-3-4-7-8;;;/h5H,1-4H3;3-4,6-7H,2,5H2,1H3;2*1H3;/q4*-1;+4. The Hall–Kier alpha value is -0.430. The predicted molar refractivity (Wildman–Crippen MR) is 89.8 cm³/mol. The Labute approximate surface area is 146 Å². The number of hydrogen-bond donors (Lipinski definition) is 0. The second-order valence-corrected chi connectivity index (χ2v) is 4.80. The molecule has 0 bridgehead atoms. The van der Waals surface area contributed by atoms with Crippen molar-refractivity contribution in [3.8, 4) is 0 Å². The number of hydrogen-bond acceptors (Lipinski definition) is 0. The molecule has 20 heavy (non-hydrogen) atoms. The molecule has 0 aliphatic heterocycles. The van der Waals surface area contributed by atoms with E-state index in [1.807, 2.05) is 0 Å². The Bertz CT molecular complexity index is 410. The molecule has 2 rings (SSSR count). The third-order valence-corrected chi connectivity index (χ3v) is 3.45. The van der Waals surface area contributed by atoms with Crippen LogP contribution in [0.25, 0.3) is 0 Å². The van der Waals surface area contributed by atoms with E-state index in [-0.39, 0.29) is 40.7 Å². The maximum atomic E-state index is 2.24. The minimum atomic E-state index is 0. The summed E-state index contributed by atoms with van der Waals surface area (Å²) in [6.07, 6.45) is 2.48. The van der Waals surface area contributed by atoms with Crippen LogP contribution in [0.4, 0.5) is 0 Å². The van der Waals surface area contributed by atoms with Crippen molar-refractivity contribution in [1.29, 1.82) is 0 Å². The molecule has 0 aliphatic rings. The van der Waals surface area contributed by atoms with E-state index in [1.165, 1.54) is 40.7 Å². The van der Waals surface area contributed by atoms with Crippen molar-refractivity contribution in [2.24, 2.45) is 0 Å². The second-order valence-electron chi connectivity index (χ2n) is 4.80. The van der Waals surface area contributed by atoms with Crippen LogP contribution in [0, 0.1) is 42.5 Å². The van der Waals surface area contributed by atoms with Crippen molar-refractivity contribution in [3.63, 3.8) is 0 Å². The Balaban J connectivity index is -0.000000252. The summed E-state index contributed by atoms with van der Waals surface area (Å²) in [7, 11) is 0. The van der Waals surface area contributed by atoms with Gasteiger partial charge in [0.05, 0.1) is 0 Å². The minimum Gasteiger partial charge on any atom is -0.358 e. The van der Waals surface area contributed by atoms with Gasteiger partial charge < -0.3 is 14.9 Å². The molecule has 0 saturated heterocycles. The summed E-state index contributed by atoms with van der Waals surface area (Å²) in [4.78, 5) is 0. The van der Waals surface area contributed by atoms with Gasteiger partial charge in [-0.25, -0.2) is 12.1 Å². The van der Waals surface area contributed by atoms with Crippen LogP contribution in [-0.2, 0) is 32.3 Å². The van der Waals surface area contributed by atoms with E-state index in [0.29, 0.717) is 0 Å². The fourth-order valence-corrected chi connectivity index (χ4v) is 2.00. The van der Waals surface area contributed by atoms with Gasteiger partial charge in [-0.1, -0.05) is 47.5 Å². The van der Waals surface area contributed by atoms with Crippen LogP contribution in [-0.4, -0.2) is 0 Å². The van der Waals surface area contributed by atoms with Crippen LogP contribution < -0.4 is 0 Å². The molecule has 0 heterocycles. The van der Waals surface area contributed by atoms with Crippen molar-refractivity contribution >= 4 is 0 Å². The third kappa shape index (κ3) is 7.38. The van der Waals surface area contributed by atoms with Gasteiger partial charge in [-0.2, -0.15) is 46.0 Å². The summed E-state index contributed by atoms with van der Waals surface area (Å²) in [5.41, 5.74) is 7.21. The van der Waals surface area contributed by atoms with Crippen molar-refractivity contribution in [3.05, 3.63) is 73.0 Å². The first-order valence-corrected chi connectivity index (χ1v) is 6.47. The van der Waals surface area contributed by atoms with Gasteiger partial charge in [0.25, 0.3) is 0 Å². The van der Waals surface area contributed by atoms with Gasteiger partial charge in [-0.15, -0.1) is 0 Å². The van der Waals surface area contributed by atoms with Crippen LogP contribution in [0.3, 0.4) is 0 Å². The van der Waals surface area contributed by atoms with Gasteiger partial charge in [-0.3, -0.25) is 0 Å². The van der Waals surface area contributed by atoms with Crippen molar-refractivity contribution in [1.82, 2.24) is 0 Å². The molecule has 2 aromatic carbocycles. The van der Waals surface area contributed by atoms with E-state index in [2.05, 4.69) is 65.0 Å². The largest absolute Gasteiger partial charge is 4.00 e. The van der Waals surface area contributed by atoms with Gasteiger partial charge in [0.15, 0.2) is 0 Å². The Morgan fingerprint density at radius 3 is 1.75 bits per heavy atom. The maximum Gasteiger partial charge on any atom is 4.00 e. The van der Waals surface area contributed by atoms with E-state index >= 15 is 0 Å². The maximum absolute atomic E-state index is 2.24. The zero-order valence-corrected chi connectivity index (χ0v) is 17.9. The molecule has 0 saturated carbocycles. The van der Waals surface area contributed by atoms with Crippen LogP contribution in [0.2, 0.25) is 0 Å². The van der Waals surface area contributed by atoms with E-state index in [1.54, 1.807) is 0 Å². The molecule has 110 valence electrons. The summed E-state index contributed by atoms with van der Waals surface area (Å²) >= 11 is 0. The van der Waals surface area contributed by atoms with E-state index in [0.717, 1.165) is 0 Å².